The van der Waals surface area contributed by atoms with Gasteiger partial charge in [0.15, 0.2) is 15.0 Å². The van der Waals surface area contributed by atoms with Gasteiger partial charge >= 0.3 is 6.18 Å². The highest BCUT2D eigenvalue weighted by Gasteiger charge is 2.34. The van der Waals surface area contributed by atoms with E-state index >= 15 is 0 Å². The van der Waals surface area contributed by atoms with Gasteiger partial charge in [-0.2, -0.15) is 13.2 Å². The van der Waals surface area contributed by atoms with E-state index in [0.29, 0.717) is 48.0 Å². The minimum absolute atomic E-state index is 0.0741. The normalized spacial score (nSPS) is 15.6. The fourth-order valence-corrected chi connectivity index (χ4v) is 5.49. The Morgan fingerprint density at radius 3 is 2.35 bits per heavy atom. The number of carbonyl (C=O) groups excluding carboxylic acids is 1. The van der Waals surface area contributed by atoms with Crippen molar-refractivity contribution in [2.75, 3.05) is 37.3 Å². The summed E-state index contributed by atoms with van der Waals surface area (Å²) >= 11 is 2.05. The number of thiazole rings is 1. The van der Waals surface area contributed by atoms with E-state index in [0.717, 1.165) is 12.5 Å². The van der Waals surface area contributed by atoms with Crippen LogP contribution in [0.1, 0.15) is 29.1 Å². The van der Waals surface area contributed by atoms with Crippen molar-refractivity contribution in [2.45, 2.75) is 35.1 Å². The first kappa shape index (κ1) is 23.9. The van der Waals surface area contributed by atoms with Crippen LogP contribution in [-0.4, -0.2) is 61.9 Å². The van der Waals surface area contributed by atoms with Gasteiger partial charge in [0.25, 0.3) is 5.91 Å². The van der Waals surface area contributed by atoms with Gasteiger partial charge in [-0.3, -0.25) is 4.79 Å². The first-order valence-corrected chi connectivity index (χ1v) is 13.0. The van der Waals surface area contributed by atoms with Crippen molar-refractivity contribution in [2.24, 2.45) is 0 Å². The number of hydrogen-bond donors (Lipinski definition) is 0. The van der Waals surface area contributed by atoms with Crippen LogP contribution in [0.25, 0.3) is 0 Å². The van der Waals surface area contributed by atoms with Crippen molar-refractivity contribution < 1.29 is 26.4 Å². The number of anilines is 1. The molecular formula is C19H22F3N3O3S3. The van der Waals surface area contributed by atoms with Crippen LogP contribution in [0.15, 0.2) is 34.2 Å². The molecule has 2 heterocycles. The van der Waals surface area contributed by atoms with E-state index in [2.05, 4.69) is 4.98 Å². The highest BCUT2D eigenvalue weighted by Crippen LogP contribution is 2.36. The Labute approximate surface area is 187 Å². The first-order chi connectivity index (χ1) is 14.4. The quantitative estimate of drug-likeness (QED) is 0.586. The van der Waals surface area contributed by atoms with Gasteiger partial charge in [0.05, 0.1) is 16.7 Å². The highest BCUT2D eigenvalue weighted by molar-refractivity contribution is 8.00. The maximum absolute atomic E-state index is 13.2. The largest absolute Gasteiger partial charge is 0.427 e. The van der Waals surface area contributed by atoms with Crippen LogP contribution in [0, 0.1) is 0 Å². The molecule has 170 valence electrons. The number of aromatic nitrogens is 1. The van der Waals surface area contributed by atoms with Gasteiger partial charge in [0, 0.05) is 42.6 Å². The average molecular weight is 494 g/mol. The SMILES string of the molecule is CC(C)Sc1ccc(S(C)(=O)=O)cc1C(=O)N1CCN(c2ncc(C(F)(F)F)s2)CC1. The second-order valence-corrected chi connectivity index (χ2v) is 12.0. The molecule has 6 nitrogen and oxygen atoms in total. The molecule has 1 saturated heterocycles. The summed E-state index contributed by atoms with van der Waals surface area (Å²) in [6, 6.07) is 4.55. The molecule has 2 aromatic rings. The number of thioether (sulfide) groups is 1. The summed E-state index contributed by atoms with van der Waals surface area (Å²) in [6.45, 7) is 5.24. The molecule has 1 amide bonds. The fraction of sp³-hybridized carbons (Fsp3) is 0.474. The van der Waals surface area contributed by atoms with E-state index < -0.39 is 20.9 Å². The van der Waals surface area contributed by atoms with Gasteiger partial charge in [-0.1, -0.05) is 25.2 Å². The maximum Gasteiger partial charge on any atom is 0.427 e. The lowest BCUT2D eigenvalue weighted by Gasteiger charge is -2.35. The predicted molar refractivity (Wildman–Crippen MR) is 116 cm³/mol. The second-order valence-electron chi connectivity index (χ2n) is 7.38. The minimum Gasteiger partial charge on any atom is -0.345 e. The second kappa shape index (κ2) is 8.99. The zero-order valence-corrected chi connectivity index (χ0v) is 19.6. The molecule has 1 aliphatic heterocycles. The Morgan fingerprint density at radius 2 is 1.84 bits per heavy atom. The third-order valence-corrected chi connectivity index (χ3v) is 7.88. The van der Waals surface area contributed by atoms with E-state index in [1.165, 1.54) is 23.9 Å². The van der Waals surface area contributed by atoms with Crippen LogP contribution in [0.5, 0.6) is 0 Å². The lowest BCUT2D eigenvalue weighted by atomic mass is 10.2. The summed E-state index contributed by atoms with van der Waals surface area (Å²) in [5.74, 6) is -0.289. The topological polar surface area (TPSA) is 70.6 Å². The van der Waals surface area contributed by atoms with Crippen molar-refractivity contribution in [3.05, 3.63) is 34.8 Å². The Bertz CT molecular complexity index is 1060. The van der Waals surface area contributed by atoms with Gasteiger partial charge in [0.2, 0.25) is 0 Å². The molecule has 0 N–H and O–H groups in total. The molecule has 0 saturated carbocycles. The van der Waals surface area contributed by atoms with Crippen LogP contribution in [0.2, 0.25) is 0 Å². The number of hydrogen-bond acceptors (Lipinski definition) is 7. The van der Waals surface area contributed by atoms with Gasteiger partial charge in [0.1, 0.15) is 4.88 Å². The molecule has 1 aliphatic rings. The lowest BCUT2D eigenvalue weighted by molar-refractivity contribution is -0.134. The van der Waals surface area contributed by atoms with Gasteiger partial charge in [-0.15, -0.1) is 11.8 Å². The molecule has 12 heteroatoms. The average Bonchev–Trinajstić information content (AvgIpc) is 3.17. The van der Waals surface area contributed by atoms with E-state index in [4.69, 9.17) is 0 Å². The Hall–Kier alpha value is -1.79. The molecule has 0 spiro atoms. The van der Waals surface area contributed by atoms with Gasteiger partial charge < -0.3 is 9.80 Å². The number of amides is 1. The standard InChI is InChI=1S/C19H22F3N3O3S3/c1-12(2)29-15-5-4-13(31(3,27)28)10-14(15)17(26)24-6-8-25(9-7-24)18-23-11-16(30-18)19(20,21)22/h4-5,10-12H,6-9H2,1-3H3. The number of carbonyl (C=O) groups is 1. The summed E-state index contributed by atoms with van der Waals surface area (Å²) in [4.78, 5) is 20.4. The Balaban J connectivity index is 1.77. The van der Waals surface area contributed by atoms with Crippen molar-refractivity contribution >= 4 is 44.0 Å². The zero-order chi connectivity index (χ0) is 23.0. The fourth-order valence-electron chi connectivity index (χ4n) is 3.08. The van der Waals surface area contributed by atoms with Crippen molar-refractivity contribution in [1.29, 1.82) is 0 Å². The zero-order valence-electron chi connectivity index (χ0n) is 17.1. The van der Waals surface area contributed by atoms with Crippen LogP contribution in [0.3, 0.4) is 0 Å². The number of halogens is 3. The summed E-state index contributed by atoms with van der Waals surface area (Å²) in [5, 5.41) is 0.467. The number of benzene rings is 1. The molecule has 0 radical (unpaired) electrons. The summed E-state index contributed by atoms with van der Waals surface area (Å²) in [7, 11) is -3.48. The number of nitrogens with zero attached hydrogens (tertiary/aromatic N) is 3. The van der Waals surface area contributed by atoms with Crippen LogP contribution in [0.4, 0.5) is 18.3 Å². The number of piperazine rings is 1. The van der Waals surface area contributed by atoms with Crippen molar-refractivity contribution in [3.8, 4) is 0 Å². The van der Waals surface area contributed by atoms with Crippen molar-refractivity contribution in [1.82, 2.24) is 9.88 Å². The van der Waals surface area contributed by atoms with E-state index in [1.807, 2.05) is 13.8 Å². The number of rotatable bonds is 5. The van der Waals surface area contributed by atoms with Gasteiger partial charge in [-0.25, -0.2) is 13.4 Å². The monoisotopic (exact) mass is 493 g/mol. The van der Waals surface area contributed by atoms with Crippen LogP contribution < -0.4 is 4.90 Å². The molecule has 1 fully saturated rings. The summed E-state index contributed by atoms with van der Waals surface area (Å²) in [5.41, 5.74) is 0.323. The molecule has 1 aromatic carbocycles. The molecule has 0 aliphatic carbocycles. The molecule has 31 heavy (non-hydrogen) atoms. The summed E-state index contributed by atoms with van der Waals surface area (Å²) in [6.07, 6.45) is -2.51. The first-order valence-electron chi connectivity index (χ1n) is 9.44. The number of sulfone groups is 1. The lowest BCUT2D eigenvalue weighted by Crippen LogP contribution is -2.48. The van der Waals surface area contributed by atoms with Crippen LogP contribution >= 0.6 is 23.1 Å². The minimum atomic E-state index is -4.43. The van der Waals surface area contributed by atoms with E-state index in [1.54, 1.807) is 15.9 Å². The third-order valence-electron chi connectivity index (χ3n) is 4.58. The molecule has 3 rings (SSSR count). The highest BCUT2D eigenvalue weighted by atomic mass is 32.2. The Morgan fingerprint density at radius 1 is 1.19 bits per heavy atom. The molecular weight excluding hydrogens is 471 g/mol. The third kappa shape index (κ3) is 5.72. The smallest absolute Gasteiger partial charge is 0.345 e. The molecule has 0 atom stereocenters. The van der Waals surface area contributed by atoms with Crippen molar-refractivity contribution in [3.63, 3.8) is 0 Å². The Kier molecular flexibility index (Phi) is 6.92. The molecule has 0 bridgehead atoms. The van der Waals surface area contributed by atoms with Crippen LogP contribution in [-0.2, 0) is 16.0 Å². The van der Waals surface area contributed by atoms with E-state index in [9.17, 15) is 26.4 Å². The predicted octanol–water partition coefficient (Wildman–Crippen LogP) is 4.03. The van der Waals surface area contributed by atoms with Gasteiger partial charge in [-0.05, 0) is 18.2 Å². The number of alkyl halides is 3. The molecule has 1 aromatic heterocycles. The summed E-state index contributed by atoms with van der Waals surface area (Å²) < 4.78 is 62.4. The molecule has 0 unspecified atom stereocenters. The van der Waals surface area contributed by atoms with E-state index in [-0.39, 0.29) is 21.2 Å². The maximum atomic E-state index is 13.2.